The quantitative estimate of drug-likeness (QED) is 0.723. The molecule has 128 valence electrons. The lowest BCUT2D eigenvalue weighted by Crippen LogP contribution is -2.19. The van der Waals surface area contributed by atoms with E-state index in [1.54, 1.807) is 36.0 Å². The van der Waals surface area contributed by atoms with E-state index in [1.165, 1.54) is 6.20 Å². The van der Waals surface area contributed by atoms with E-state index in [-0.39, 0.29) is 16.5 Å². The van der Waals surface area contributed by atoms with Crippen LogP contribution in [0.25, 0.3) is 0 Å². The average molecular weight is 385 g/mol. The number of thioether (sulfide) groups is 1. The number of anilines is 1. The number of nitrogens with zero attached hydrogens (tertiary/aromatic N) is 1. The highest BCUT2D eigenvalue weighted by Crippen LogP contribution is 2.33. The van der Waals surface area contributed by atoms with E-state index in [0.29, 0.717) is 27.2 Å². The van der Waals surface area contributed by atoms with Crippen molar-refractivity contribution in [3.8, 4) is 11.6 Å². The van der Waals surface area contributed by atoms with Crippen molar-refractivity contribution in [3.05, 3.63) is 46.6 Å². The van der Waals surface area contributed by atoms with Crippen LogP contribution in [0.4, 0.5) is 5.69 Å². The lowest BCUT2D eigenvalue weighted by molar-refractivity contribution is -0.113. The van der Waals surface area contributed by atoms with Gasteiger partial charge < -0.3 is 10.1 Å². The molecule has 1 amide bonds. The lowest BCUT2D eigenvalue weighted by atomic mass is 10.3. The zero-order valence-corrected chi connectivity index (χ0v) is 15.9. The minimum Gasteiger partial charge on any atom is -0.435 e. The highest BCUT2D eigenvalue weighted by Gasteiger charge is 2.15. The number of carbonyl (C=O) groups is 1. The van der Waals surface area contributed by atoms with Crippen LogP contribution in [0.3, 0.4) is 0 Å². The molecular weight excluding hydrogens is 367 g/mol. The van der Waals surface area contributed by atoms with Crippen molar-refractivity contribution in [2.45, 2.75) is 25.5 Å². The summed E-state index contributed by atoms with van der Waals surface area (Å²) in [5.74, 6) is 0.953. The van der Waals surface area contributed by atoms with E-state index in [0.717, 1.165) is 0 Å². The van der Waals surface area contributed by atoms with Gasteiger partial charge in [-0.15, -0.1) is 11.8 Å². The fourth-order valence-electron chi connectivity index (χ4n) is 1.71. The van der Waals surface area contributed by atoms with Crippen molar-refractivity contribution in [2.75, 3.05) is 11.1 Å². The van der Waals surface area contributed by atoms with Gasteiger partial charge in [0.1, 0.15) is 5.02 Å². The Bertz CT molecular complexity index is 733. The van der Waals surface area contributed by atoms with Gasteiger partial charge in [0.2, 0.25) is 11.8 Å². The zero-order valence-electron chi connectivity index (χ0n) is 13.6. The van der Waals surface area contributed by atoms with Gasteiger partial charge in [0.25, 0.3) is 0 Å². The second-order valence-corrected chi connectivity index (χ2v) is 8.63. The number of hydrogen-bond donors (Lipinski definition) is 1. The van der Waals surface area contributed by atoms with E-state index in [4.69, 9.17) is 27.9 Å². The second-order valence-electron chi connectivity index (χ2n) is 5.99. The molecule has 0 bridgehead atoms. The Morgan fingerprint density at radius 3 is 2.67 bits per heavy atom. The maximum Gasteiger partial charge on any atom is 0.238 e. The number of carbonyl (C=O) groups excluding carboxylic acids is 1. The van der Waals surface area contributed by atoms with Crippen molar-refractivity contribution < 1.29 is 9.53 Å². The molecule has 24 heavy (non-hydrogen) atoms. The number of amides is 1. The molecule has 1 N–H and O–H groups in total. The molecule has 0 fully saturated rings. The first-order chi connectivity index (χ1) is 11.2. The molecule has 0 aliphatic heterocycles. The highest BCUT2D eigenvalue weighted by molar-refractivity contribution is 8.01. The molecule has 1 aromatic heterocycles. The van der Waals surface area contributed by atoms with E-state index < -0.39 is 0 Å². The SMILES string of the molecule is CC(C)(C)SCC(=O)Nc1ccccc1Oc1ncc(Cl)cc1Cl. The van der Waals surface area contributed by atoms with Crippen LogP contribution in [0.5, 0.6) is 11.6 Å². The molecule has 1 heterocycles. The number of aromatic nitrogens is 1. The molecule has 0 spiro atoms. The Morgan fingerprint density at radius 2 is 2.00 bits per heavy atom. The Labute approximate surface area is 155 Å². The normalized spacial score (nSPS) is 11.2. The Balaban J connectivity index is 2.11. The van der Waals surface area contributed by atoms with Gasteiger partial charge in [-0.2, -0.15) is 0 Å². The van der Waals surface area contributed by atoms with E-state index in [9.17, 15) is 4.79 Å². The van der Waals surface area contributed by atoms with Crippen LogP contribution in [-0.2, 0) is 4.79 Å². The molecule has 0 saturated heterocycles. The van der Waals surface area contributed by atoms with Crippen molar-refractivity contribution in [1.29, 1.82) is 0 Å². The first-order valence-corrected chi connectivity index (χ1v) is 9.00. The van der Waals surface area contributed by atoms with Crippen LogP contribution in [0.15, 0.2) is 36.5 Å². The van der Waals surface area contributed by atoms with E-state index in [2.05, 4.69) is 31.1 Å². The third-order valence-electron chi connectivity index (χ3n) is 2.78. The topological polar surface area (TPSA) is 51.2 Å². The van der Waals surface area contributed by atoms with Crippen molar-refractivity contribution >= 4 is 46.6 Å². The van der Waals surface area contributed by atoms with Gasteiger partial charge in [-0.1, -0.05) is 56.1 Å². The van der Waals surface area contributed by atoms with Crippen LogP contribution in [-0.4, -0.2) is 21.4 Å². The molecule has 2 rings (SSSR count). The number of benzene rings is 1. The summed E-state index contributed by atoms with van der Waals surface area (Å²) in [4.78, 5) is 16.2. The summed E-state index contributed by atoms with van der Waals surface area (Å²) in [6, 6.07) is 8.67. The lowest BCUT2D eigenvalue weighted by Gasteiger charge is -2.17. The molecule has 0 aliphatic rings. The predicted octanol–water partition coefficient (Wildman–Crippen LogP) is 5.65. The summed E-state index contributed by atoms with van der Waals surface area (Å²) in [5.41, 5.74) is 0.560. The highest BCUT2D eigenvalue weighted by atomic mass is 35.5. The number of halogens is 2. The molecule has 2 aromatic rings. The zero-order chi connectivity index (χ0) is 17.7. The maximum absolute atomic E-state index is 12.1. The van der Waals surface area contributed by atoms with Crippen molar-refractivity contribution in [3.63, 3.8) is 0 Å². The third-order valence-corrected chi connectivity index (χ3v) is 4.53. The summed E-state index contributed by atoms with van der Waals surface area (Å²) in [6.45, 7) is 6.20. The van der Waals surface area contributed by atoms with Gasteiger partial charge in [-0.3, -0.25) is 4.79 Å². The first kappa shape index (κ1) is 18.9. The van der Waals surface area contributed by atoms with Gasteiger partial charge in [0.15, 0.2) is 5.75 Å². The number of pyridine rings is 1. The number of nitrogens with one attached hydrogen (secondary N) is 1. The average Bonchev–Trinajstić information content (AvgIpc) is 2.49. The molecule has 0 saturated carbocycles. The van der Waals surface area contributed by atoms with Gasteiger partial charge in [0.05, 0.1) is 16.5 Å². The largest absolute Gasteiger partial charge is 0.435 e. The summed E-state index contributed by atoms with van der Waals surface area (Å²) in [7, 11) is 0. The molecule has 0 radical (unpaired) electrons. The molecular formula is C17H18Cl2N2O2S. The minimum absolute atomic E-state index is 0.0219. The standard InChI is InChI=1S/C17H18Cl2N2O2S/c1-17(2,3)24-10-15(22)21-13-6-4-5-7-14(13)23-16-12(19)8-11(18)9-20-16/h4-9H,10H2,1-3H3,(H,21,22). The van der Waals surface area contributed by atoms with Crippen LogP contribution >= 0.6 is 35.0 Å². The smallest absolute Gasteiger partial charge is 0.238 e. The van der Waals surface area contributed by atoms with Crippen molar-refractivity contribution in [1.82, 2.24) is 4.98 Å². The predicted molar refractivity (Wildman–Crippen MR) is 102 cm³/mol. The van der Waals surface area contributed by atoms with Crippen LogP contribution in [0, 0.1) is 0 Å². The molecule has 0 aliphatic carbocycles. The molecule has 0 atom stereocenters. The van der Waals surface area contributed by atoms with Gasteiger partial charge in [-0.05, 0) is 18.2 Å². The van der Waals surface area contributed by atoms with Crippen LogP contribution in [0.1, 0.15) is 20.8 Å². The molecule has 7 heteroatoms. The monoisotopic (exact) mass is 384 g/mol. The number of para-hydroxylation sites is 2. The minimum atomic E-state index is -0.0962. The van der Waals surface area contributed by atoms with Gasteiger partial charge >= 0.3 is 0 Å². The third kappa shape index (κ3) is 5.89. The molecule has 1 aromatic carbocycles. The van der Waals surface area contributed by atoms with Crippen LogP contribution in [0.2, 0.25) is 10.0 Å². The van der Waals surface area contributed by atoms with Crippen LogP contribution < -0.4 is 10.1 Å². The Morgan fingerprint density at radius 1 is 1.29 bits per heavy atom. The summed E-state index contributed by atoms with van der Waals surface area (Å²) in [6.07, 6.45) is 1.45. The second kappa shape index (κ2) is 8.10. The van der Waals surface area contributed by atoms with Gasteiger partial charge in [-0.25, -0.2) is 4.98 Å². The summed E-state index contributed by atoms with van der Waals surface area (Å²) >= 11 is 13.5. The van der Waals surface area contributed by atoms with E-state index >= 15 is 0 Å². The maximum atomic E-state index is 12.1. The Hall–Kier alpha value is -1.43. The molecule has 0 unspecified atom stereocenters. The fourth-order valence-corrected chi connectivity index (χ4v) is 2.76. The molecule has 4 nitrogen and oxygen atoms in total. The van der Waals surface area contributed by atoms with Crippen molar-refractivity contribution in [2.24, 2.45) is 0 Å². The first-order valence-electron chi connectivity index (χ1n) is 7.26. The van der Waals surface area contributed by atoms with E-state index in [1.807, 2.05) is 6.07 Å². The summed E-state index contributed by atoms with van der Waals surface area (Å²) in [5, 5.41) is 3.57. The number of hydrogen-bond acceptors (Lipinski definition) is 4. The fraction of sp³-hybridized carbons (Fsp3) is 0.294. The number of rotatable bonds is 5. The number of ether oxygens (including phenoxy) is 1. The Kier molecular flexibility index (Phi) is 6.38. The summed E-state index contributed by atoms with van der Waals surface area (Å²) < 4.78 is 5.74. The van der Waals surface area contributed by atoms with Gasteiger partial charge in [0, 0.05) is 10.9 Å².